The van der Waals surface area contributed by atoms with Crippen LogP contribution >= 0.6 is 0 Å². The number of carbonyl (C=O) groups is 2. The highest BCUT2D eigenvalue weighted by Gasteiger charge is 2.24. The van der Waals surface area contributed by atoms with Crippen LogP contribution in [0.5, 0.6) is 5.75 Å². The van der Waals surface area contributed by atoms with Crippen LogP contribution in [0.4, 0.5) is 0 Å². The van der Waals surface area contributed by atoms with Crippen molar-refractivity contribution in [3.63, 3.8) is 0 Å². The molecule has 5 nitrogen and oxygen atoms in total. The first-order valence-electron chi connectivity index (χ1n) is 9.97. The van der Waals surface area contributed by atoms with Gasteiger partial charge in [-0.25, -0.2) is 0 Å². The molecule has 1 aliphatic rings. The van der Waals surface area contributed by atoms with Crippen LogP contribution in [0.2, 0.25) is 0 Å². The molecule has 0 radical (unpaired) electrons. The van der Waals surface area contributed by atoms with Crippen molar-refractivity contribution >= 4 is 11.8 Å². The smallest absolute Gasteiger partial charge is 0.260 e. The Morgan fingerprint density at radius 2 is 1.43 bits per heavy atom. The summed E-state index contributed by atoms with van der Waals surface area (Å²) in [4.78, 5) is 28.4. The first-order chi connectivity index (χ1) is 13.7. The van der Waals surface area contributed by atoms with Crippen molar-refractivity contribution in [3.8, 4) is 5.75 Å². The lowest BCUT2D eigenvalue weighted by Gasteiger charge is -2.34. The van der Waals surface area contributed by atoms with Crippen LogP contribution in [0, 0.1) is 0 Å². The monoisotopic (exact) mass is 380 g/mol. The van der Waals surface area contributed by atoms with Crippen LogP contribution in [0.3, 0.4) is 0 Å². The van der Waals surface area contributed by atoms with E-state index in [1.807, 2.05) is 59.5 Å². The lowest BCUT2D eigenvalue weighted by Crippen LogP contribution is -2.52. The molecule has 0 spiro atoms. The third-order valence-electron chi connectivity index (χ3n) is 5.01. The first kappa shape index (κ1) is 19.9. The SMILES string of the molecule is CCCc1ccc(OCC(=O)N2CCN(C(=O)Cc3ccccc3)CC2)cc1. The molecule has 0 aromatic heterocycles. The minimum Gasteiger partial charge on any atom is -0.484 e. The summed E-state index contributed by atoms with van der Waals surface area (Å²) in [5, 5.41) is 0. The van der Waals surface area contributed by atoms with Crippen molar-refractivity contribution in [2.24, 2.45) is 0 Å². The third-order valence-corrected chi connectivity index (χ3v) is 5.01. The van der Waals surface area contributed by atoms with Crippen molar-refractivity contribution in [1.82, 2.24) is 9.80 Å². The highest BCUT2D eigenvalue weighted by atomic mass is 16.5. The van der Waals surface area contributed by atoms with Crippen molar-refractivity contribution in [1.29, 1.82) is 0 Å². The van der Waals surface area contributed by atoms with Gasteiger partial charge >= 0.3 is 0 Å². The van der Waals surface area contributed by atoms with Crippen LogP contribution in [0.1, 0.15) is 24.5 Å². The van der Waals surface area contributed by atoms with Gasteiger partial charge < -0.3 is 14.5 Å². The van der Waals surface area contributed by atoms with E-state index in [1.165, 1.54) is 5.56 Å². The molecule has 1 saturated heterocycles. The maximum Gasteiger partial charge on any atom is 0.260 e. The molecule has 0 aliphatic carbocycles. The summed E-state index contributed by atoms with van der Waals surface area (Å²) in [5.41, 5.74) is 2.29. The molecule has 3 rings (SSSR count). The number of nitrogens with zero attached hydrogens (tertiary/aromatic N) is 2. The molecular formula is C23H28N2O3. The van der Waals surface area contributed by atoms with Gasteiger partial charge in [0.15, 0.2) is 6.61 Å². The minimum absolute atomic E-state index is 0.0328. The molecule has 2 aromatic rings. The fourth-order valence-electron chi connectivity index (χ4n) is 3.36. The second-order valence-electron chi connectivity index (χ2n) is 7.11. The van der Waals surface area contributed by atoms with Gasteiger partial charge in [0.1, 0.15) is 5.75 Å². The van der Waals surface area contributed by atoms with E-state index >= 15 is 0 Å². The molecule has 0 atom stereocenters. The average molecular weight is 380 g/mol. The van der Waals surface area contributed by atoms with Crippen LogP contribution in [-0.2, 0) is 22.4 Å². The summed E-state index contributed by atoms with van der Waals surface area (Å²) >= 11 is 0. The Balaban J connectivity index is 1.41. The van der Waals surface area contributed by atoms with Crippen molar-refractivity contribution in [2.45, 2.75) is 26.2 Å². The zero-order chi connectivity index (χ0) is 19.8. The maximum absolute atomic E-state index is 12.4. The van der Waals surface area contributed by atoms with Gasteiger partial charge in [0.2, 0.25) is 5.91 Å². The quantitative estimate of drug-likeness (QED) is 0.742. The second-order valence-corrected chi connectivity index (χ2v) is 7.11. The number of amides is 2. The van der Waals surface area contributed by atoms with Crippen LogP contribution < -0.4 is 4.74 Å². The molecule has 1 aliphatic heterocycles. The molecule has 1 heterocycles. The number of aryl methyl sites for hydroxylation is 1. The lowest BCUT2D eigenvalue weighted by atomic mass is 10.1. The van der Waals surface area contributed by atoms with Crippen molar-refractivity contribution in [3.05, 3.63) is 65.7 Å². The summed E-state index contributed by atoms with van der Waals surface area (Å²) in [6.07, 6.45) is 2.57. The summed E-state index contributed by atoms with van der Waals surface area (Å²) in [6.45, 7) is 4.44. The van der Waals surface area contributed by atoms with E-state index in [2.05, 4.69) is 6.92 Å². The zero-order valence-electron chi connectivity index (χ0n) is 16.5. The highest BCUT2D eigenvalue weighted by Crippen LogP contribution is 2.14. The number of piperazine rings is 1. The summed E-state index contributed by atoms with van der Waals surface area (Å²) < 4.78 is 5.64. The van der Waals surface area contributed by atoms with Crippen molar-refractivity contribution in [2.75, 3.05) is 32.8 Å². The topological polar surface area (TPSA) is 49.9 Å². The van der Waals surface area contributed by atoms with E-state index in [1.54, 1.807) is 4.90 Å². The normalized spacial score (nSPS) is 14.0. The molecular weight excluding hydrogens is 352 g/mol. The Bertz CT molecular complexity index is 766. The van der Waals surface area contributed by atoms with E-state index in [-0.39, 0.29) is 18.4 Å². The summed E-state index contributed by atoms with van der Waals surface area (Å²) in [7, 11) is 0. The number of rotatable bonds is 7. The van der Waals surface area contributed by atoms with E-state index in [9.17, 15) is 9.59 Å². The van der Waals surface area contributed by atoms with Gasteiger partial charge in [-0.2, -0.15) is 0 Å². The zero-order valence-corrected chi connectivity index (χ0v) is 16.5. The van der Waals surface area contributed by atoms with E-state index < -0.39 is 0 Å². The van der Waals surface area contributed by atoms with E-state index in [4.69, 9.17) is 4.74 Å². The number of hydrogen-bond donors (Lipinski definition) is 0. The molecule has 28 heavy (non-hydrogen) atoms. The van der Waals surface area contributed by atoms with Gasteiger partial charge in [0.25, 0.3) is 5.91 Å². The van der Waals surface area contributed by atoms with Gasteiger partial charge in [-0.15, -0.1) is 0 Å². The summed E-state index contributed by atoms with van der Waals surface area (Å²) in [5.74, 6) is 0.791. The molecule has 148 valence electrons. The highest BCUT2D eigenvalue weighted by molar-refractivity contribution is 5.80. The lowest BCUT2D eigenvalue weighted by molar-refractivity contribution is -0.140. The Morgan fingerprint density at radius 3 is 2.04 bits per heavy atom. The molecule has 2 amide bonds. The molecule has 0 bridgehead atoms. The molecule has 0 N–H and O–H groups in total. The standard InChI is InChI=1S/C23H28N2O3/c1-2-6-19-9-11-21(12-10-19)28-18-23(27)25-15-13-24(14-16-25)22(26)17-20-7-4-3-5-8-20/h3-5,7-12H,2,6,13-18H2,1H3. The predicted molar refractivity (Wildman–Crippen MR) is 109 cm³/mol. The molecule has 2 aromatic carbocycles. The summed E-state index contributed by atoms with van der Waals surface area (Å²) in [6, 6.07) is 17.7. The Morgan fingerprint density at radius 1 is 0.821 bits per heavy atom. The molecule has 5 heteroatoms. The fourth-order valence-corrected chi connectivity index (χ4v) is 3.36. The Labute approximate surface area is 166 Å². The maximum atomic E-state index is 12.4. The van der Waals surface area contributed by atoms with Gasteiger partial charge in [0.05, 0.1) is 6.42 Å². The minimum atomic E-state index is -0.0345. The Kier molecular flexibility index (Phi) is 7.06. The number of benzene rings is 2. The van der Waals surface area contributed by atoms with Gasteiger partial charge in [-0.05, 0) is 29.7 Å². The Hall–Kier alpha value is -2.82. The van der Waals surface area contributed by atoms with Crippen LogP contribution in [0.15, 0.2) is 54.6 Å². The van der Waals surface area contributed by atoms with Gasteiger partial charge in [-0.1, -0.05) is 55.8 Å². The van der Waals surface area contributed by atoms with Crippen LogP contribution in [-0.4, -0.2) is 54.4 Å². The van der Waals surface area contributed by atoms with Gasteiger partial charge in [0, 0.05) is 26.2 Å². The number of hydrogen-bond acceptors (Lipinski definition) is 3. The predicted octanol–water partition coefficient (Wildman–Crippen LogP) is 2.93. The third kappa shape index (κ3) is 5.59. The molecule has 0 unspecified atom stereocenters. The number of ether oxygens (including phenoxy) is 1. The fraction of sp³-hybridized carbons (Fsp3) is 0.391. The molecule has 0 saturated carbocycles. The second kappa shape index (κ2) is 9.93. The average Bonchev–Trinajstić information content (AvgIpc) is 2.74. The largest absolute Gasteiger partial charge is 0.484 e. The van der Waals surface area contributed by atoms with Gasteiger partial charge in [-0.3, -0.25) is 9.59 Å². The van der Waals surface area contributed by atoms with Crippen LogP contribution in [0.25, 0.3) is 0 Å². The van der Waals surface area contributed by atoms with E-state index in [0.717, 1.165) is 18.4 Å². The first-order valence-corrected chi connectivity index (χ1v) is 9.97. The van der Waals surface area contributed by atoms with Crippen molar-refractivity contribution < 1.29 is 14.3 Å². The molecule has 1 fully saturated rings. The number of carbonyl (C=O) groups excluding carboxylic acids is 2. The van der Waals surface area contributed by atoms with E-state index in [0.29, 0.717) is 38.3 Å².